The lowest BCUT2D eigenvalue weighted by Gasteiger charge is -2.31. The second kappa shape index (κ2) is 4.27. The van der Waals surface area contributed by atoms with Crippen molar-refractivity contribution in [1.29, 1.82) is 0 Å². The van der Waals surface area contributed by atoms with Crippen molar-refractivity contribution in [3.63, 3.8) is 0 Å². The van der Waals surface area contributed by atoms with E-state index in [1.807, 2.05) is 13.0 Å². The van der Waals surface area contributed by atoms with E-state index >= 15 is 0 Å². The monoisotopic (exact) mass is 234 g/mol. The van der Waals surface area contributed by atoms with Crippen molar-refractivity contribution < 1.29 is 9.84 Å². The highest BCUT2D eigenvalue weighted by atomic mass is 16.5. The van der Waals surface area contributed by atoms with Crippen LogP contribution in [0.2, 0.25) is 0 Å². The summed E-state index contributed by atoms with van der Waals surface area (Å²) in [4.78, 5) is 6.75. The maximum atomic E-state index is 9.79. The Kier molecular flexibility index (Phi) is 2.76. The van der Waals surface area contributed by atoms with Crippen LogP contribution in [0.4, 0.5) is 0 Å². The number of hydrogen-bond acceptors (Lipinski definition) is 4. The van der Waals surface area contributed by atoms with Gasteiger partial charge in [0.15, 0.2) is 0 Å². The highest BCUT2D eigenvalue weighted by Crippen LogP contribution is 2.28. The Morgan fingerprint density at radius 2 is 2.06 bits per heavy atom. The normalized spacial score (nSPS) is 28.5. The fourth-order valence-electron chi connectivity index (χ4n) is 2.76. The number of rotatable bonds is 2. The van der Waals surface area contributed by atoms with E-state index in [0.717, 1.165) is 31.0 Å². The quantitative estimate of drug-likeness (QED) is 0.841. The minimum Gasteiger partial charge on any atom is -0.506 e. The van der Waals surface area contributed by atoms with Gasteiger partial charge in [-0.15, -0.1) is 0 Å². The SMILES string of the molecule is Cc1ccc(O)c(CN2CC3CCC(C2)O3)n1. The highest BCUT2D eigenvalue weighted by molar-refractivity contribution is 5.27. The van der Waals surface area contributed by atoms with Crippen molar-refractivity contribution in [2.45, 2.75) is 38.5 Å². The summed E-state index contributed by atoms with van der Waals surface area (Å²) >= 11 is 0. The Hall–Kier alpha value is -1.13. The van der Waals surface area contributed by atoms with Gasteiger partial charge in [0.2, 0.25) is 0 Å². The summed E-state index contributed by atoms with van der Waals surface area (Å²) in [5.74, 6) is 0.300. The summed E-state index contributed by atoms with van der Waals surface area (Å²) in [7, 11) is 0. The number of aryl methyl sites for hydroxylation is 1. The molecule has 2 bridgehead atoms. The van der Waals surface area contributed by atoms with E-state index < -0.39 is 0 Å². The van der Waals surface area contributed by atoms with E-state index in [2.05, 4.69) is 9.88 Å². The maximum absolute atomic E-state index is 9.79. The molecule has 3 heterocycles. The summed E-state index contributed by atoms with van der Waals surface area (Å²) in [5, 5.41) is 9.79. The molecule has 1 aromatic heterocycles. The lowest BCUT2D eigenvalue weighted by atomic mass is 10.2. The van der Waals surface area contributed by atoms with Crippen LogP contribution in [0, 0.1) is 6.92 Å². The Morgan fingerprint density at radius 3 is 2.76 bits per heavy atom. The Labute approximate surface area is 101 Å². The van der Waals surface area contributed by atoms with Crippen LogP contribution in [-0.2, 0) is 11.3 Å². The molecule has 92 valence electrons. The Balaban J connectivity index is 1.72. The first-order chi connectivity index (χ1) is 8.20. The van der Waals surface area contributed by atoms with Gasteiger partial charge in [-0.2, -0.15) is 0 Å². The second-order valence-corrected chi connectivity index (χ2v) is 5.07. The number of hydrogen-bond donors (Lipinski definition) is 1. The first-order valence-electron chi connectivity index (χ1n) is 6.24. The maximum Gasteiger partial charge on any atom is 0.138 e. The average molecular weight is 234 g/mol. The third-order valence-corrected chi connectivity index (χ3v) is 3.58. The first-order valence-corrected chi connectivity index (χ1v) is 6.24. The molecule has 4 heteroatoms. The number of aromatic nitrogens is 1. The zero-order valence-electron chi connectivity index (χ0n) is 10.1. The van der Waals surface area contributed by atoms with Crippen molar-refractivity contribution in [3.05, 3.63) is 23.5 Å². The van der Waals surface area contributed by atoms with Crippen LogP contribution < -0.4 is 0 Å². The molecule has 1 N–H and O–H groups in total. The summed E-state index contributed by atoms with van der Waals surface area (Å²) in [5.41, 5.74) is 1.74. The Bertz CT molecular complexity index is 410. The number of likely N-dealkylation sites (tertiary alicyclic amines) is 1. The number of ether oxygens (including phenoxy) is 1. The van der Waals surface area contributed by atoms with E-state index in [0.29, 0.717) is 18.0 Å². The number of morpholine rings is 1. The van der Waals surface area contributed by atoms with E-state index in [-0.39, 0.29) is 0 Å². The van der Waals surface area contributed by atoms with Crippen LogP contribution >= 0.6 is 0 Å². The molecular formula is C13H18N2O2. The molecule has 2 fully saturated rings. The smallest absolute Gasteiger partial charge is 0.138 e. The predicted octanol–water partition coefficient (Wildman–Crippen LogP) is 1.46. The Morgan fingerprint density at radius 1 is 1.35 bits per heavy atom. The molecule has 0 radical (unpaired) electrons. The van der Waals surface area contributed by atoms with E-state index in [1.165, 1.54) is 12.8 Å². The molecule has 2 aliphatic rings. The molecule has 0 spiro atoms. The minimum absolute atomic E-state index is 0.300. The zero-order valence-corrected chi connectivity index (χ0v) is 10.1. The van der Waals surface area contributed by atoms with Crippen LogP contribution in [0.25, 0.3) is 0 Å². The number of nitrogens with zero attached hydrogens (tertiary/aromatic N) is 2. The molecule has 0 aliphatic carbocycles. The van der Waals surface area contributed by atoms with E-state index in [4.69, 9.17) is 4.74 Å². The van der Waals surface area contributed by atoms with Crippen LogP contribution in [0.15, 0.2) is 12.1 Å². The fraction of sp³-hybridized carbons (Fsp3) is 0.615. The van der Waals surface area contributed by atoms with Crippen molar-refractivity contribution in [2.24, 2.45) is 0 Å². The molecule has 2 aliphatic heterocycles. The molecular weight excluding hydrogens is 216 g/mol. The van der Waals surface area contributed by atoms with Gasteiger partial charge in [-0.05, 0) is 31.9 Å². The van der Waals surface area contributed by atoms with Crippen LogP contribution in [0.1, 0.15) is 24.2 Å². The van der Waals surface area contributed by atoms with E-state index in [1.54, 1.807) is 6.07 Å². The van der Waals surface area contributed by atoms with Crippen molar-refractivity contribution >= 4 is 0 Å². The first kappa shape index (κ1) is 11.0. The molecule has 3 rings (SSSR count). The lowest BCUT2D eigenvalue weighted by molar-refractivity contribution is -0.0415. The van der Waals surface area contributed by atoms with Crippen molar-refractivity contribution in [1.82, 2.24) is 9.88 Å². The summed E-state index contributed by atoms with van der Waals surface area (Å²) < 4.78 is 5.79. The lowest BCUT2D eigenvalue weighted by Crippen LogP contribution is -2.42. The van der Waals surface area contributed by atoms with Crippen molar-refractivity contribution in [2.75, 3.05) is 13.1 Å². The average Bonchev–Trinajstić information content (AvgIpc) is 2.63. The molecule has 2 saturated heterocycles. The second-order valence-electron chi connectivity index (χ2n) is 5.07. The number of fused-ring (bicyclic) bond motifs is 2. The summed E-state index contributed by atoms with van der Waals surface area (Å²) in [6.07, 6.45) is 3.13. The van der Waals surface area contributed by atoms with Gasteiger partial charge in [0.1, 0.15) is 5.75 Å². The number of pyridine rings is 1. The highest BCUT2D eigenvalue weighted by Gasteiger charge is 2.33. The third-order valence-electron chi connectivity index (χ3n) is 3.58. The minimum atomic E-state index is 0.300. The molecule has 0 saturated carbocycles. The molecule has 2 atom stereocenters. The standard InChI is InChI=1S/C13H18N2O2/c1-9-2-5-13(16)12(14-9)8-15-6-10-3-4-11(7-15)17-10/h2,5,10-11,16H,3-4,6-8H2,1H3. The predicted molar refractivity (Wildman–Crippen MR) is 63.8 cm³/mol. The van der Waals surface area contributed by atoms with E-state index in [9.17, 15) is 5.11 Å². The molecule has 17 heavy (non-hydrogen) atoms. The molecule has 4 nitrogen and oxygen atoms in total. The zero-order chi connectivity index (χ0) is 11.8. The van der Waals surface area contributed by atoms with Gasteiger partial charge < -0.3 is 9.84 Å². The summed E-state index contributed by atoms with van der Waals surface area (Å²) in [6.45, 7) is 4.60. The molecule has 2 unspecified atom stereocenters. The van der Waals surface area contributed by atoms with Gasteiger partial charge >= 0.3 is 0 Å². The third kappa shape index (κ3) is 2.28. The van der Waals surface area contributed by atoms with Crippen LogP contribution in [-0.4, -0.2) is 40.3 Å². The van der Waals surface area contributed by atoms with Gasteiger partial charge in [-0.25, -0.2) is 0 Å². The molecule has 0 amide bonds. The molecule has 1 aromatic rings. The number of aromatic hydroxyl groups is 1. The van der Waals surface area contributed by atoms with Gasteiger partial charge in [0.05, 0.1) is 17.9 Å². The van der Waals surface area contributed by atoms with Gasteiger partial charge in [0, 0.05) is 25.3 Å². The largest absolute Gasteiger partial charge is 0.506 e. The topological polar surface area (TPSA) is 45.6 Å². The van der Waals surface area contributed by atoms with Gasteiger partial charge in [-0.3, -0.25) is 9.88 Å². The van der Waals surface area contributed by atoms with Crippen LogP contribution in [0.5, 0.6) is 5.75 Å². The summed E-state index contributed by atoms with van der Waals surface area (Å²) in [6, 6.07) is 3.56. The fourth-order valence-corrected chi connectivity index (χ4v) is 2.76. The van der Waals surface area contributed by atoms with Crippen molar-refractivity contribution in [3.8, 4) is 5.75 Å². The van der Waals surface area contributed by atoms with Crippen LogP contribution in [0.3, 0.4) is 0 Å². The van der Waals surface area contributed by atoms with Gasteiger partial charge in [-0.1, -0.05) is 0 Å². The molecule has 0 aromatic carbocycles. The van der Waals surface area contributed by atoms with Gasteiger partial charge in [0.25, 0.3) is 0 Å².